The number of aromatic nitrogens is 3. The van der Waals surface area contributed by atoms with Crippen molar-refractivity contribution in [2.24, 2.45) is 0 Å². The molecule has 3 heterocycles. The molecular formula is C21H15N3O2. The van der Waals surface area contributed by atoms with Crippen LogP contribution in [0.3, 0.4) is 0 Å². The highest BCUT2D eigenvalue weighted by molar-refractivity contribution is 6.11. The van der Waals surface area contributed by atoms with Crippen molar-refractivity contribution in [2.75, 3.05) is 0 Å². The maximum atomic E-state index is 11.2. The van der Waals surface area contributed by atoms with Gasteiger partial charge in [-0.25, -0.2) is 4.98 Å². The van der Waals surface area contributed by atoms with E-state index in [9.17, 15) is 4.79 Å². The smallest absolute Gasteiger partial charge is 0.303 e. The number of nitrogens with zero attached hydrogens (tertiary/aromatic N) is 3. The lowest BCUT2D eigenvalue weighted by Crippen LogP contribution is -2.09. The molecule has 1 aromatic carbocycles. The van der Waals surface area contributed by atoms with E-state index in [2.05, 4.69) is 17.1 Å². The van der Waals surface area contributed by atoms with Crippen molar-refractivity contribution in [1.82, 2.24) is 15.0 Å². The minimum absolute atomic E-state index is 0.145. The van der Waals surface area contributed by atoms with Crippen molar-refractivity contribution in [3.8, 4) is 11.4 Å². The van der Waals surface area contributed by atoms with Crippen LogP contribution in [-0.4, -0.2) is 20.9 Å². The van der Waals surface area contributed by atoms with Crippen LogP contribution in [0, 0.1) is 0 Å². The van der Waals surface area contributed by atoms with Gasteiger partial charge in [-0.3, -0.25) is 14.8 Å². The zero-order valence-corrected chi connectivity index (χ0v) is 14.2. The normalized spacial score (nSPS) is 12.2. The molecule has 1 aliphatic carbocycles. The summed E-state index contributed by atoms with van der Waals surface area (Å²) in [6.45, 7) is 1.55. The molecule has 0 N–H and O–H groups in total. The van der Waals surface area contributed by atoms with Gasteiger partial charge in [-0.15, -0.1) is 0 Å². The third-order valence-corrected chi connectivity index (χ3v) is 4.71. The quantitative estimate of drug-likeness (QED) is 0.361. The second-order valence-corrected chi connectivity index (χ2v) is 6.43. The number of fused-ring (bicyclic) bond motifs is 4. The summed E-state index contributed by atoms with van der Waals surface area (Å²) < 4.78 is 5.19. The van der Waals surface area contributed by atoms with Crippen LogP contribution in [0.15, 0.2) is 48.7 Å². The van der Waals surface area contributed by atoms with E-state index in [1.807, 2.05) is 30.3 Å². The Morgan fingerprint density at radius 3 is 2.85 bits per heavy atom. The van der Waals surface area contributed by atoms with Gasteiger partial charge < -0.3 is 4.74 Å². The molecular weight excluding hydrogens is 326 g/mol. The van der Waals surface area contributed by atoms with Crippen LogP contribution in [0.25, 0.3) is 33.1 Å². The van der Waals surface area contributed by atoms with Gasteiger partial charge in [0.15, 0.2) is 0 Å². The van der Waals surface area contributed by atoms with Gasteiger partial charge in [0, 0.05) is 30.3 Å². The highest BCUT2D eigenvalue weighted by atomic mass is 16.5. The van der Waals surface area contributed by atoms with E-state index in [1.54, 1.807) is 6.20 Å². The first kappa shape index (κ1) is 15.0. The van der Waals surface area contributed by atoms with Gasteiger partial charge in [-0.1, -0.05) is 24.3 Å². The van der Waals surface area contributed by atoms with Gasteiger partial charge in [0.05, 0.1) is 28.3 Å². The lowest BCUT2D eigenvalue weighted by Gasteiger charge is -2.20. The molecule has 26 heavy (non-hydrogen) atoms. The minimum Gasteiger partial charge on any atom is -0.459 e. The molecule has 126 valence electrons. The number of ether oxygens (including phenoxy) is 1. The van der Waals surface area contributed by atoms with Crippen LogP contribution in [0.1, 0.15) is 23.9 Å². The Morgan fingerprint density at radius 1 is 1.08 bits per heavy atom. The number of rotatable bonds is 2. The molecule has 3 aromatic heterocycles. The molecule has 0 saturated heterocycles. The van der Waals surface area contributed by atoms with Crippen LogP contribution in [0.4, 0.5) is 0 Å². The molecule has 5 heteroatoms. The van der Waals surface area contributed by atoms with Gasteiger partial charge in [-0.2, -0.15) is 0 Å². The second kappa shape index (κ2) is 5.59. The van der Waals surface area contributed by atoms with E-state index in [0.717, 1.165) is 50.7 Å². The molecule has 0 aliphatic heterocycles. The number of hydrogen-bond donors (Lipinski definition) is 0. The molecule has 1 aliphatic rings. The Bertz CT molecular complexity index is 1200. The Balaban J connectivity index is 1.88. The number of hydrogen-bond acceptors (Lipinski definition) is 5. The van der Waals surface area contributed by atoms with Crippen molar-refractivity contribution < 1.29 is 9.53 Å². The minimum atomic E-state index is -0.320. The summed E-state index contributed by atoms with van der Waals surface area (Å²) >= 11 is 0. The van der Waals surface area contributed by atoms with Crippen LogP contribution in [0.5, 0.6) is 0 Å². The Hall–Kier alpha value is -3.34. The standard InChI is InChI=1S/C21H15N3O2/c1-12(25)26-11-14-10-16-15-6-2-3-7-17(15)24-18-9-13-5-4-8-22-20(13)21(23-14)19(16)18/h2-8,10H,9,11H2,1H3. The largest absolute Gasteiger partial charge is 0.459 e. The number of carbonyl (C=O) groups is 1. The molecule has 4 aromatic rings. The first-order chi connectivity index (χ1) is 12.7. The monoisotopic (exact) mass is 341 g/mol. The highest BCUT2D eigenvalue weighted by Gasteiger charge is 2.24. The van der Waals surface area contributed by atoms with Crippen molar-refractivity contribution in [2.45, 2.75) is 20.0 Å². The zero-order valence-electron chi connectivity index (χ0n) is 14.2. The molecule has 0 amide bonds. The molecule has 0 spiro atoms. The Morgan fingerprint density at radius 2 is 1.96 bits per heavy atom. The Labute approximate surface area is 149 Å². The number of pyridine rings is 3. The highest BCUT2D eigenvalue weighted by Crippen LogP contribution is 2.39. The van der Waals surface area contributed by atoms with Crippen molar-refractivity contribution in [1.29, 1.82) is 0 Å². The summed E-state index contributed by atoms with van der Waals surface area (Å²) in [5, 5.41) is 3.19. The zero-order chi connectivity index (χ0) is 17.7. The van der Waals surface area contributed by atoms with Crippen molar-refractivity contribution >= 4 is 27.6 Å². The van der Waals surface area contributed by atoms with E-state index in [1.165, 1.54) is 6.92 Å². The average molecular weight is 341 g/mol. The molecule has 0 radical (unpaired) electrons. The van der Waals surface area contributed by atoms with E-state index in [-0.39, 0.29) is 12.6 Å². The van der Waals surface area contributed by atoms with Gasteiger partial charge in [-0.05, 0) is 29.1 Å². The maximum Gasteiger partial charge on any atom is 0.303 e. The summed E-state index contributed by atoms with van der Waals surface area (Å²) in [7, 11) is 0. The van der Waals surface area contributed by atoms with Gasteiger partial charge in [0.2, 0.25) is 0 Å². The van der Waals surface area contributed by atoms with Crippen molar-refractivity contribution in [3.63, 3.8) is 0 Å². The molecule has 0 atom stereocenters. The fourth-order valence-corrected chi connectivity index (χ4v) is 3.63. The molecule has 5 rings (SSSR count). The SMILES string of the molecule is CC(=O)OCc1cc2c3c(nc4ccccc42)Cc2cccnc2-c3n1. The lowest BCUT2D eigenvalue weighted by atomic mass is 9.91. The number of carbonyl (C=O) groups excluding carboxylic acids is 1. The van der Waals surface area contributed by atoms with Gasteiger partial charge >= 0.3 is 5.97 Å². The lowest BCUT2D eigenvalue weighted by molar-refractivity contribution is -0.142. The van der Waals surface area contributed by atoms with E-state index < -0.39 is 0 Å². The van der Waals surface area contributed by atoms with Crippen LogP contribution >= 0.6 is 0 Å². The van der Waals surface area contributed by atoms with Crippen molar-refractivity contribution in [3.05, 3.63) is 65.6 Å². The van der Waals surface area contributed by atoms with Gasteiger partial charge in [0.25, 0.3) is 0 Å². The van der Waals surface area contributed by atoms with Crippen LogP contribution in [0.2, 0.25) is 0 Å². The predicted octanol–water partition coefficient (Wildman–Crippen LogP) is 3.81. The summed E-state index contributed by atoms with van der Waals surface area (Å²) in [5.41, 5.74) is 5.50. The second-order valence-electron chi connectivity index (χ2n) is 6.43. The summed E-state index contributed by atoms with van der Waals surface area (Å²) in [6.07, 6.45) is 2.52. The summed E-state index contributed by atoms with van der Waals surface area (Å²) in [6, 6.07) is 14.1. The average Bonchev–Trinajstić information content (AvgIpc) is 2.66. The number of para-hydroxylation sites is 1. The predicted molar refractivity (Wildman–Crippen MR) is 98.6 cm³/mol. The van der Waals surface area contributed by atoms with Crippen LogP contribution in [-0.2, 0) is 22.6 Å². The molecule has 0 saturated carbocycles. The van der Waals surface area contributed by atoms with E-state index >= 15 is 0 Å². The van der Waals surface area contributed by atoms with Crippen LogP contribution < -0.4 is 0 Å². The molecule has 5 nitrogen and oxygen atoms in total. The van der Waals surface area contributed by atoms with Gasteiger partial charge in [0.1, 0.15) is 6.61 Å². The molecule has 0 bridgehead atoms. The third-order valence-electron chi connectivity index (χ3n) is 4.71. The Kier molecular flexibility index (Phi) is 3.22. The first-order valence-electron chi connectivity index (χ1n) is 8.49. The number of benzene rings is 1. The molecule has 0 unspecified atom stereocenters. The fourth-order valence-electron chi connectivity index (χ4n) is 3.63. The fraction of sp³-hybridized carbons (Fsp3) is 0.143. The first-order valence-corrected chi connectivity index (χ1v) is 8.49. The third kappa shape index (κ3) is 2.24. The van der Waals surface area contributed by atoms with E-state index in [4.69, 9.17) is 14.7 Å². The van der Waals surface area contributed by atoms with E-state index in [0.29, 0.717) is 5.69 Å². The maximum absolute atomic E-state index is 11.2. The summed E-state index contributed by atoms with van der Waals surface area (Å²) in [4.78, 5) is 25.5. The topological polar surface area (TPSA) is 65.0 Å². The molecule has 0 fully saturated rings. The number of esters is 1. The summed E-state index contributed by atoms with van der Waals surface area (Å²) in [5.74, 6) is -0.320.